The monoisotopic (exact) mass is 224 g/mol. The molecule has 0 unspecified atom stereocenters. The Labute approximate surface area is 98.7 Å². The van der Waals surface area contributed by atoms with Crippen molar-refractivity contribution in [2.24, 2.45) is 5.92 Å². The van der Waals surface area contributed by atoms with Gasteiger partial charge in [-0.25, -0.2) is 4.79 Å². The number of carbonyl (C=O) groups is 1. The lowest BCUT2D eigenvalue weighted by Crippen LogP contribution is -2.12. The quantitative estimate of drug-likeness (QED) is 0.731. The zero-order valence-corrected chi connectivity index (χ0v) is 10.6. The van der Waals surface area contributed by atoms with Gasteiger partial charge in [0.05, 0.1) is 0 Å². The van der Waals surface area contributed by atoms with E-state index in [9.17, 15) is 4.79 Å². The molecule has 0 aromatic heterocycles. The number of carboxylic acid groups (broad SMARTS) is 1. The van der Waals surface area contributed by atoms with Crippen molar-refractivity contribution in [1.29, 1.82) is 0 Å². The number of carboxylic acids is 1. The van der Waals surface area contributed by atoms with E-state index in [0.29, 0.717) is 11.5 Å². The van der Waals surface area contributed by atoms with Gasteiger partial charge in [0, 0.05) is 5.57 Å². The molecule has 0 bridgehead atoms. The lowest BCUT2D eigenvalue weighted by Gasteiger charge is -2.23. The molecular weight excluding hydrogens is 200 g/mol. The van der Waals surface area contributed by atoms with E-state index in [1.165, 1.54) is 50.5 Å². The van der Waals surface area contributed by atoms with Crippen LogP contribution >= 0.6 is 0 Å². The summed E-state index contributed by atoms with van der Waals surface area (Å²) in [6.45, 7) is 3.85. The van der Waals surface area contributed by atoms with E-state index < -0.39 is 5.97 Å². The highest BCUT2D eigenvalue weighted by atomic mass is 16.4. The fourth-order valence-electron chi connectivity index (χ4n) is 2.80. The maximum absolute atomic E-state index is 11.0. The molecule has 1 rings (SSSR count). The van der Waals surface area contributed by atoms with Crippen molar-refractivity contribution in [3.8, 4) is 0 Å². The summed E-state index contributed by atoms with van der Waals surface area (Å²) < 4.78 is 0. The van der Waals surface area contributed by atoms with Crippen molar-refractivity contribution in [2.45, 2.75) is 65.2 Å². The minimum atomic E-state index is -0.737. The van der Waals surface area contributed by atoms with Gasteiger partial charge in [0.2, 0.25) is 0 Å². The molecule has 0 atom stereocenters. The molecule has 16 heavy (non-hydrogen) atoms. The van der Waals surface area contributed by atoms with Crippen molar-refractivity contribution < 1.29 is 9.90 Å². The predicted octanol–water partition coefficient (Wildman–Crippen LogP) is 4.16. The van der Waals surface area contributed by atoms with E-state index in [4.69, 9.17) is 5.11 Å². The first kappa shape index (κ1) is 13.3. The van der Waals surface area contributed by atoms with Gasteiger partial charge in [0.25, 0.3) is 0 Å². The molecule has 0 saturated heterocycles. The average molecular weight is 224 g/mol. The van der Waals surface area contributed by atoms with Crippen LogP contribution < -0.4 is 0 Å². The standard InChI is InChI=1S/C14H24O2/c1-3-13(11(2)14(15)16)12-9-7-5-4-6-8-10-12/h12H,3-10H2,1-2H3,(H,15,16). The zero-order valence-electron chi connectivity index (χ0n) is 10.6. The van der Waals surface area contributed by atoms with Gasteiger partial charge in [-0.15, -0.1) is 0 Å². The second kappa shape index (κ2) is 6.72. The molecule has 0 aromatic carbocycles. The first-order valence-electron chi connectivity index (χ1n) is 6.59. The lowest BCUT2D eigenvalue weighted by atomic mass is 9.82. The Balaban J connectivity index is 2.76. The first-order valence-corrected chi connectivity index (χ1v) is 6.59. The third-order valence-electron chi connectivity index (χ3n) is 3.78. The highest BCUT2D eigenvalue weighted by Crippen LogP contribution is 2.31. The number of hydrogen-bond donors (Lipinski definition) is 1. The molecule has 92 valence electrons. The van der Waals surface area contributed by atoms with Crippen molar-refractivity contribution in [3.05, 3.63) is 11.1 Å². The topological polar surface area (TPSA) is 37.3 Å². The van der Waals surface area contributed by atoms with E-state index in [1.54, 1.807) is 6.92 Å². The van der Waals surface area contributed by atoms with Crippen LogP contribution in [0.5, 0.6) is 0 Å². The van der Waals surface area contributed by atoms with Crippen LogP contribution in [0.3, 0.4) is 0 Å². The van der Waals surface area contributed by atoms with E-state index >= 15 is 0 Å². The lowest BCUT2D eigenvalue weighted by molar-refractivity contribution is -0.132. The third kappa shape index (κ3) is 3.66. The molecule has 0 aliphatic heterocycles. The Kier molecular flexibility index (Phi) is 5.58. The first-order chi connectivity index (χ1) is 7.66. The molecule has 1 fully saturated rings. The minimum Gasteiger partial charge on any atom is -0.478 e. The summed E-state index contributed by atoms with van der Waals surface area (Å²) >= 11 is 0. The Morgan fingerprint density at radius 1 is 1.12 bits per heavy atom. The molecule has 1 saturated carbocycles. The van der Waals surface area contributed by atoms with Crippen LogP contribution in [0.15, 0.2) is 11.1 Å². The highest BCUT2D eigenvalue weighted by Gasteiger charge is 2.19. The number of rotatable bonds is 3. The maximum Gasteiger partial charge on any atom is 0.331 e. The Bertz CT molecular complexity index is 258. The zero-order chi connectivity index (χ0) is 12.0. The molecule has 1 N–H and O–H groups in total. The van der Waals surface area contributed by atoms with Gasteiger partial charge in [0.1, 0.15) is 0 Å². The van der Waals surface area contributed by atoms with E-state index in [0.717, 1.165) is 6.42 Å². The second-order valence-electron chi connectivity index (χ2n) is 4.85. The number of hydrogen-bond acceptors (Lipinski definition) is 1. The van der Waals surface area contributed by atoms with Gasteiger partial charge < -0.3 is 5.11 Å². The van der Waals surface area contributed by atoms with Gasteiger partial charge >= 0.3 is 5.97 Å². The fourth-order valence-corrected chi connectivity index (χ4v) is 2.80. The van der Waals surface area contributed by atoms with Crippen LogP contribution in [0.25, 0.3) is 0 Å². The van der Waals surface area contributed by atoms with Crippen LogP contribution in [0.2, 0.25) is 0 Å². The highest BCUT2D eigenvalue weighted by molar-refractivity contribution is 5.86. The summed E-state index contributed by atoms with van der Waals surface area (Å²) in [4.78, 5) is 11.0. The smallest absolute Gasteiger partial charge is 0.331 e. The van der Waals surface area contributed by atoms with Crippen LogP contribution in [0.1, 0.15) is 65.2 Å². The molecule has 2 nitrogen and oxygen atoms in total. The molecule has 1 aliphatic rings. The van der Waals surface area contributed by atoms with Gasteiger partial charge in [0.15, 0.2) is 0 Å². The largest absolute Gasteiger partial charge is 0.478 e. The van der Waals surface area contributed by atoms with Gasteiger partial charge in [-0.1, -0.05) is 44.6 Å². The minimum absolute atomic E-state index is 0.529. The summed E-state index contributed by atoms with van der Waals surface area (Å²) in [6, 6.07) is 0. The summed E-state index contributed by atoms with van der Waals surface area (Å²) in [5, 5.41) is 9.08. The summed E-state index contributed by atoms with van der Waals surface area (Å²) in [6.07, 6.45) is 9.79. The molecule has 1 aliphatic carbocycles. The molecule has 0 spiro atoms. The van der Waals surface area contributed by atoms with Crippen LogP contribution in [-0.2, 0) is 4.79 Å². The predicted molar refractivity (Wildman–Crippen MR) is 66.4 cm³/mol. The van der Waals surface area contributed by atoms with Crippen molar-refractivity contribution in [1.82, 2.24) is 0 Å². The molecule has 0 aromatic rings. The SMILES string of the molecule is CCC(=C(C)C(=O)O)C1CCCCCCC1. The van der Waals surface area contributed by atoms with Crippen LogP contribution in [-0.4, -0.2) is 11.1 Å². The van der Waals surface area contributed by atoms with Crippen LogP contribution in [0, 0.1) is 5.92 Å². The van der Waals surface area contributed by atoms with Gasteiger partial charge in [-0.3, -0.25) is 0 Å². The normalized spacial score (nSPS) is 20.9. The van der Waals surface area contributed by atoms with Crippen LogP contribution in [0.4, 0.5) is 0 Å². The Hall–Kier alpha value is -0.790. The van der Waals surface area contributed by atoms with E-state index in [-0.39, 0.29) is 0 Å². The fraction of sp³-hybridized carbons (Fsp3) is 0.786. The molecule has 0 amide bonds. The molecule has 2 heteroatoms. The Morgan fingerprint density at radius 3 is 2.06 bits per heavy atom. The number of allylic oxidation sites excluding steroid dienone is 1. The van der Waals surface area contributed by atoms with E-state index in [2.05, 4.69) is 6.92 Å². The van der Waals surface area contributed by atoms with E-state index in [1.807, 2.05) is 0 Å². The summed E-state index contributed by atoms with van der Waals surface area (Å²) in [5.41, 5.74) is 1.78. The molecule has 0 radical (unpaired) electrons. The van der Waals surface area contributed by atoms with Crippen molar-refractivity contribution in [3.63, 3.8) is 0 Å². The Morgan fingerprint density at radius 2 is 1.62 bits per heavy atom. The summed E-state index contributed by atoms with van der Waals surface area (Å²) in [7, 11) is 0. The van der Waals surface area contributed by atoms with Crippen molar-refractivity contribution in [2.75, 3.05) is 0 Å². The maximum atomic E-state index is 11.0. The third-order valence-corrected chi connectivity index (χ3v) is 3.78. The summed E-state index contributed by atoms with van der Waals surface area (Å²) in [5.74, 6) is -0.208. The average Bonchev–Trinajstić information content (AvgIpc) is 2.21. The van der Waals surface area contributed by atoms with Gasteiger partial charge in [-0.2, -0.15) is 0 Å². The second-order valence-corrected chi connectivity index (χ2v) is 4.85. The number of aliphatic carboxylic acids is 1. The molecular formula is C14H24O2. The molecule has 0 heterocycles. The van der Waals surface area contributed by atoms with Crippen molar-refractivity contribution >= 4 is 5.97 Å². The van der Waals surface area contributed by atoms with Gasteiger partial charge in [-0.05, 0) is 32.1 Å².